The van der Waals surface area contributed by atoms with Crippen molar-refractivity contribution in [2.75, 3.05) is 18.5 Å². The highest BCUT2D eigenvalue weighted by Gasteiger charge is 2.07. The SMILES string of the molecule is CCOc1cccc(OCC(=O)Nc2ccccc2C#N)c1. The highest BCUT2D eigenvalue weighted by molar-refractivity contribution is 5.93. The van der Waals surface area contributed by atoms with E-state index in [0.29, 0.717) is 29.4 Å². The molecule has 0 atom stereocenters. The minimum atomic E-state index is -0.329. The molecule has 2 rings (SSSR count). The summed E-state index contributed by atoms with van der Waals surface area (Å²) in [5.74, 6) is 0.911. The predicted octanol–water partition coefficient (Wildman–Crippen LogP) is 2.97. The summed E-state index contributed by atoms with van der Waals surface area (Å²) in [6, 6.07) is 15.9. The van der Waals surface area contributed by atoms with E-state index in [9.17, 15) is 4.79 Å². The van der Waals surface area contributed by atoms with Gasteiger partial charge in [-0.1, -0.05) is 18.2 Å². The second-order valence-corrected chi connectivity index (χ2v) is 4.40. The minimum Gasteiger partial charge on any atom is -0.494 e. The monoisotopic (exact) mass is 296 g/mol. The molecule has 112 valence electrons. The first-order valence-electron chi connectivity index (χ1n) is 6.87. The summed E-state index contributed by atoms with van der Waals surface area (Å²) in [4.78, 5) is 11.9. The summed E-state index contributed by atoms with van der Waals surface area (Å²) in [7, 11) is 0. The van der Waals surface area contributed by atoms with Crippen LogP contribution in [0.25, 0.3) is 0 Å². The smallest absolute Gasteiger partial charge is 0.262 e. The third kappa shape index (κ3) is 4.25. The zero-order valence-electron chi connectivity index (χ0n) is 12.2. The van der Waals surface area contributed by atoms with Gasteiger partial charge in [0.05, 0.1) is 17.9 Å². The molecule has 1 amide bonds. The molecule has 0 radical (unpaired) electrons. The third-order valence-electron chi connectivity index (χ3n) is 2.81. The van der Waals surface area contributed by atoms with Crippen LogP contribution in [0.5, 0.6) is 11.5 Å². The highest BCUT2D eigenvalue weighted by atomic mass is 16.5. The van der Waals surface area contributed by atoms with Crippen molar-refractivity contribution in [1.29, 1.82) is 5.26 Å². The van der Waals surface area contributed by atoms with Gasteiger partial charge in [-0.2, -0.15) is 5.26 Å². The Balaban J connectivity index is 1.93. The van der Waals surface area contributed by atoms with Crippen LogP contribution >= 0.6 is 0 Å². The zero-order chi connectivity index (χ0) is 15.8. The van der Waals surface area contributed by atoms with Crippen molar-refractivity contribution in [2.45, 2.75) is 6.92 Å². The fraction of sp³-hybridized carbons (Fsp3) is 0.176. The second kappa shape index (κ2) is 7.70. The molecule has 22 heavy (non-hydrogen) atoms. The molecular weight excluding hydrogens is 280 g/mol. The number of nitriles is 1. The van der Waals surface area contributed by atoms with Crippen LogP contribution in [0.3, 0.4) is 0 Å². The fourth-order valence-electron chi connectivity index (χ4n) is 1.85. The molecule has 1 N–H and O–H groups in total. The summed E-state index contributed by atoms with van der Waals surface area (Å²) in [6.07, 6.45) is 0. The van der Waals surface area contributed by atoms with E-state index in [1.54, 1.807) is 42.5 Å². The molecule has 0 saturated carbocycles. The summed E-state index contributed by atoms with van der Waals surface area (Å²) in [5.41, 5.74) is 0.885. The van der Waals surface area contributed by atoms with Crippen molar-refractivity contribution in [3.8, 4) is 17.6 Å². The van der Waals surface area contributed by atoms with Crippen LogP contribution in [0.15, 0.2) is 48.5 Å². The number of carbonyl (C=O) groups is 1. The van der Waals surface area contributed by atoms with Gasteiger partial charge in [0.15, 0.2) is 6.61 Å². The Hall–Kier alpha value is -3.00. The van der Waals surface area contributed by atoms with Crippen LogP contribution in [0, 0.1) is 11.3 Å². The number of nitrogens with zero attached hydrogens (tertiary/aromatic N) is 1. The van der Waals surface area contributed by atoms with E-state index < -0.39 is 0 Å². The average Bonchev–Trinajstić information content (AvgIpc) is 2.54. The molecule has 0 unspecified atom stereocenters. The molecule has 0 saturated heterocycles. The fourth-order valence-corrected chi connectivity index (χ4v) is 1.85. The predicted molar refractivity (Wildman–Crippen MR) is 82.9 cm³/mol. The maximum absolute atomic E-state index is 11.9. The van der Waals surface area contributed by atoms with Crippen molar-refractivity contribution >= 4 is 11.6 Å². The molecule has 2 aromatic rings. The highest BCUT2D eigenvalue weighted by Crippen LogP contribution is 2.19. The third-order valence-corrected chi connectivity index (χ3v) is 2.81. The number of hydrogen-bond acceptors (Lipinski definition) is 4. The Morgan fingerprint density at radius 2 is 1.86 bits per heavy atom. The number of nitrogens with one attached hydrogen (secondary N) is 1. The van der Waals surface area contributed by atoms with Crippen LogP contribution in [0.2, 0.25) is 0 Å². The lowest BCUT2D eigenvalue weighted by atomic mass is 10.2. The summed E-state index contributed by atoms with van der Waals surface area (Å²) in [6.45, 7) is 2.32. The van der Waals surface area contributed by atoms with E-state index in [2.05, 4.69) is 5.32 Å². The summed E-state index contributed by atoms with van der Waals surface area (Å²) in [5, 5.41) is 11.6. The lowest BCUT2D eigenvalue weighted by molar-refractivity contribution is -0.118. The average molecular weight is 296 g/mol. The number of rotatable bonds is 6. The number of anilines is 1. The standard InChI is InChI=1S/C17H16N2O3/c1-2-21-14-7-5-8-15(10-14)22-12-17(20)19-16-9-4-3-6-13(16)11-18/h3-10H,2,12H2,1H3,(H,19,20). The Labute approximate surface area is 129 Å². The number of ether oxygens (including phenoxy) is 2. The van der Waals surface area contributed by atoms with E-state index in [0.717, 1.165) is 0 Å². The number of hydrogen-bond donors (Lipinski definition) is 1. The van der Waals surface area contributed by atoms with Gasteiger partial charge in [0.2, 0.25) is 0 Å². The van der Waals surface area contributed by atoms with Crippen LogP contribution < -0.4 is 14.8 Å². The lowest BCUT2D eigenvalue weighted by Gasteiger charge is -2.09. The van der Waals surface area contributed by atoms with E-state index in [4.69, 9.17) is 14.7 Å². The minimum absolute atomic E-state index is 0.144. The second-order valence-electron chi connectivity index (χ2n) is 4.40. The molecular formula is C17H16N2O3. The number of benzene rings is 2. The Kier molecular flexibility index (Phi) is 5.38. The van der Waals surface area contributed by atoms with Gasteiger partial charge in [-0.05, 0) is 31.2 Å². The molecule has 0 spiro atoms. The van der Waals surface area contributed by atoms with Crippen LogP contribution in [-0.4, -0.2) is 19.1 Å². The maximum atomic E-state index is 11.9. The van der Waals surface area contributed by atoms with E-state index >= 15 is 0 Å². The molecule has 5 heteroatoms. The maximum Gasteiger partial charge on any atom is 0.262 e. The first kappa shape index (κ1) is 15.4. The van der Waals surface area contributed by atoms with Crippen molar-refractivity contribution in [3.05, 3.63) is 54.1 Å². The molecule has 0 aromatic heterocycles. The Morgan fingerprint density at radius 3 is 2.59 bits per heavy atom. The molecule has 0 fully saturated rings. The number of carbonyl (C=O) groups excluding carboxylic acids is 1. The van der Waals surface area contributed by atoms with Gasteiger partial charge in [0.1, 0.15) is 17.6 Å². The number of para-hydroxylation sites is 1. The Bertz CT molecular complexity index is 692. The van der Waals surface area contributed by atoms with Gasteiger partial charge in [-0.3, -0.25) is 4.79 Å². The van der Waals surface area contributed by atoms with Crippen molar-refractivity contribution in [2.24, 2.45) is 0 Å². The van der Waals surface area contributed by atoms with Gasteiger partial charge in [0, 0.05) is 6.07 Å². The zero-order valence-corrected chi connectivity index (χ0v) is 12.2. The van der Waals surface area contributed by atoms with Gasteiger partial charge in [-0.25, -0.2) is 0 Å². The normalized spacial score (nSPS) is 9.64. The van der Waals surface area contributed by atoms with E-state index in [1.807, 2.05) is 19.1 Å². The summed E-state index contributed by atoms with van der Waals surface area (Å²) < 4.78 is 10.8. The van der Waals surface area contributed by atoms with Crippen LogP contribution in [0.1, 0.15) is 12.5 Å². The van der Waals surface area contributed by atoms with Crippen LogP contribution in [0.4, 0.5) is 5.69 Å². The Morgan fingerprint density at radius 1 is 1.14 bits per heavy atom. The first-order valence-corrected chi connectivity index (χ1v) is 6.87. The van der Waals surface area contributed by atoms with Crippen molar-refractivity contribution in [1.82, 2.24) is 0 Å². The molecule has 0 aliphatic heterocycles. The van der Waals surface area contributed by atoms with E-state index in [-0.39, 0.29) is 12.5 Å². The van der Waals surface area contributed by atoms with E-state index in [1.165, 1.54) is 0 Å². The number of amides is 1. The topological polar surface area (TPSA) is 71.3 Å². The van der Waals surface area contributed by atoms with Crippen LogP contribution in [-0.2, 0) is 4.79 Å². The van der Waals surface area contributed by atoms with Gasteiger partial charge >= 0.3 is 0 Å². The van der Waals surface area contributed by atoms with Crippen molar-refractivity contribution < 1.29 is 14.3 Å². The summed E-state index contributed by atoms with van der Waals surface area (Å²) >= 11 is 0. The van der Waals surface area contributed by atoms with Gasteiger partial charge < -0.3 is 14.8 Å². The largest absolute Gasteiger partial charge is 0.494 e. The molecule has 0 bridgehead atoms. The first-order chi connectivity index (χ1) is 10.7. The molecule has 0 aliphatic rings. The molecule has 5 nitrogen and oxygen atoms in total. The molecule has 2 aromatic carbocycles. The van der Waals surface area contributed by atoms with Gasteiger partial charge in [0.25, 0.3) is 5.91 Å². The molecule has 0 aliphatic carbocycles. The van der Waals surface area contributed by atoms with Gasteiger partial charge in [-0.15, -0.1) is 0 Å². The quantitative estimate of drug-likeness (QED) is 0.889. The van der Waals surface area contributed by atoms with Crippen molar-refractivity contribution in [3.63, 3.8) is 0 Å². The lowest BCUT2D eigenvalue weighted by Crippen LogP contribution is -2.20. The molecule has 0 heterocycles.